The van der Waals surface area contributed by atoms with Crippen molar-refractivity contribution >= 4 is 92.8 Å². The van der Waals surface area contributed by atoms with Crippen LogP contribution in [0, 0.1) is 0 Å². The fourth-order valence-electron chi connectivity index (χ4n) is 1.70. The lowest BCUT2D eigenvalue weighted by Gasteiger charge is -2.29. The molecule has 120 valence electrons. The maximum Gasteiger partial charge on any atom is 0.213 e. The Morgan fingerprint density at radius 1 is 0.636 bits per heavy atom. The number of allylic oxidation sites excluding steroid dienone is 6. The minimum atomic E-state index is -2.14. The molecule has 0 radical (unpaired) electrons. The summed E-state index contributed by atoms with van der Waals surface area (Å²) in [6.07, 6.45) is 2.51. The zero-order valence-corrected chi connectivity index (χ0v) is 16.1. The van der Waals surface area contributed by atoms with Crippen LogP contribution in [0.5, 0.6) is 0 Å². The van der Waals surface area contributed by atoms with E-state index in [4.69, 9.17) is 92.8 Å². The molecule has 0 saturated carbocycles. The van der Waals surface area contributed by atoms with Gasteiger partial charge in [0.25, 0.3) is 0 Å². The number of rotatable bonds is 0. The zero-order valence-electron chi connectivity index (χ0n) is 10.1. The van der Waals surface area contributed by atoms with E-state index in [-0.39, 0.29) is 41.3 Å². The second-order valence-electron chi connectivity index (χ2n) is 4.31. The lowest BCUT2D eigenvalue weighted by atomic mass is 9.96. The van der Waals surface area contributed by atoms with Crippen molar-refractivity contribution < 1.29 is 10.2 Å². The van der Waals surface area contributed by atoms with Crippen molar-refractivity contribution in [2.24, 2.45) is 0 Å². The molecule has 2 nitrogen and oxygen atoms in total. The quantitative estimate of drug-likeness (QED) is 0.446. The number of hydrogen-bond acceptors (Lipinski definition) is 2. The Labute approximate surface area is 165 Å². The second-order valence-corrected chi connectivity index (χ2v) is 7.73. The third-order valence-corrected chi connectivity index (χ3v) is 6.75. The average Bonchev–Trinajstić information content (AvgIpc) is 2.44. The van der Waals surface area contributed by atoms with Gasteiger partial charge in [-0.15, -0.1) is 0 Å². The Kier molecular flexibility index (Phi) is 5.56. The van der Waals surface area contributed by atoms with E-state index in [1.807, 2.05) is 0 Å². The van der Waals surface area contributed by atoms with E-state index in [0.29, 0.717) is 0 Å². The Hall–Kier alpha value is 0.940. The summed E-state index contributed by atoms with van der Waals surface area (Å²) in [6, 6.07) is 0. The van der Waals surface area contributed by atoms with Gasteiger partial charge in [-0.3, -0.25) is 0 Å². The molecular formula is C12H4Cl8O2. The topological polar surface area (TPSA) is 40.5 Å². The third-order valence-electron chi connectivity index (χ3n) is 2.91. The van der Waals surface area contributed by atoms with Crippen LogP contribution in [0.3, 0.4) is 0 Å². The molecule has 2 unspecified atom stereocenters. The predicted molar refractivity (Wildman–Crippen MR) is 94.0 cm³/mol. The first-order valence-electron chi connectivity index (χ1n) is 5.36. The molecule has 10 heteroatoms. The first-order valence-corrected chi connectivity index (χ1v) is 8.39. The maximum atomic E-state index is 9.95. The second kappa shape index (κ2) is 6.34. The van der Waals surface area contributed by atoms with Crippen molar-refractivity contribution in [3.05, 3.63) is 53.5 Å². The highest BCUT2D eigenvalue weighted by molar-refractivity contribution is 6.52. The summed E-state index contributed by atoms with van der Waals surface area (Å²) in [5, 5.41) is 14.3. The molecule has 0 fully saturated rings. The normalized spacial score (nSPS) is 36.6. The molecule has 0 heterocycles. The van der Waals surface area contributed by atoms with Crippen LogP contribution in [0.25, 0.3) is 0 Å². The van der Waals surface area contributed by atoms with Crippen molar-refractivity contribution in [3.63, 3.8) is 0 Å². The smallest absolute Gasteiger partial charge is 0.213 e. The molecule has 0 bridgehead atoms. The van der Waals surface area contributed by atoms with Gasteiger partial charge in [-0.05, 0) is 12.2 Å². The highest BCUT2D eigenvalue weighted by Gasteiger charge is 2.42. The van der Waals surface area contributed by atoms with Crippen molar-refractivity contribution in [1.29, 1.82) is 0 Å². The highest BCUT2D eigenvalue weighted by Crippen LogP contribution is 2.50. The van der Waals surface area contributed by atoms with Gasteiger partial charge in [0.15, 0.2) is 0 Å². The van der Waals surface area contributed by atoms with Gasteiger partial charge < -0.3 is 10.2 Å². The number of halogens is 8. The summed E-state index contributed by atoms with van der Waals surface area (Å²) in [5.74, 6) is 0. The fraction of sp³-hybridized carbons (Fsp3) is 0.167. The Bertz CT molecular complexity index is 649. The van der Waals surface area contributed by atoms with Gasteiger partial charge in [0, 0.05) is 11.1 Å². The van der Waals surface area contributed by atoms with Crippen LogP contribution in [0.2, 0.25) is 0 Å². The van der Waals surface area contributed by atoms with Crippen molar-refractivity contribution in [3.8, 4) is 0 Å². The summed E-state index contributed by atoms with van der Waals surface area (Å²) < 4.78 is 0. The van der Waals surface area contributed by atoms with Gasteiger partial charge in [-0.1, -0.05) is 92.8 Å². The molecule has 0 aromatic carbocycles. The molecular weight excluding hydrogens is 460 g/mol. The Morgan fingerprint density at radius 2 is 0.909 bits per heavy atom. The molecule has 2 atom stereocenters. The predicted octanol–water partition coefficient (Wildman–Crippen LogP) is 5.79. The minimum absolute atomic E-state index is 0.109. The van der Waals surface area contributed by atoms with Crippen molar-refractivity contribution in [2.75, 3.05) is 0 Å². The van der Waals surface area contributed by atoms with Crippen molar-refractivity contribution in [1.82, 2.24) is 0 Å². The van der Waals surface area contributed by atoms with Crippen LogP contribution in [0.15, 0.2) is 53.5 Å². The Balaban J connectivity index is 2.77. The van der Waals surface area contributed by atoms with Crippen LogP contribution in [0.1, 0.15) is 0 Å². The van der Waals surface area contributed by atoms with Crippen LogP contribution in [0.4, 0.5) is 0 Å². The van der Waals surface area contributed by atoms with Crippen molar-refractivity contribution in [2.45, 2.75) is 10.1 Å². The first kappa shape index (κ1) is 19.3. The SMILES string of the molecule is OC1(Cl)C(Cl)=C/C(=C2/C=C(Cl)C(O)(Cl)C(Cl)=C2Cl)C(Cl)=C1Cl. The molecule has 0 amide bonds. The number of aliphatic hydroxyl groups is 2. The first-order chi connectivity index (χ1) is 9.92. The van der Waals surface area contributed by atoms with E-state index in [1.165, 1.54) is 12.2 Å². The molecule has 0 aliphatic heterocycles. The highest BCUT2D eigenvalue weighted by atomic mass is 35.5. The van der Waals surface area contributed by atoms with E-state index in [9.17, 15) is 10.2 Å². The molecule has 2 aliphatic carbocycles. The van der Waals surface area contributed by atoms with Crippen LogP contribution in [-0.2, 0) is 0 Å². The lowest BCUT2D eigenvalue weighted by Crippen LogP contribution is -2.27. The third kappa shape index (κ3) is 2.97. The summed E-state index contributed by atoms with van der Waals surface area (Å²) in [5.41, 5.74) is 0.408. The Morgan fingerprint density at radius 3 is 1.18 bits per heavy atom. The summed E-state index contributed by atoms with van der Waals surface area (Å²) in [6.45, 7) is 0. The maximum absolute atomic E-state index is 9.95. The van der Waals surface area contributed by atoms with Gasteiger partial charge in [0.05, 0.1) is 30.2 Å². The van der Waals surface area contributed by atoms with Crippen LogP contribution in [-0.4, -0.2) is 20.3 Å². The molecule has 0 saturated heterocycles. The molecule has 2 aliphatic rings. The average molecular weight is 464 g/mol. The number of hydrogen-bond donors (Lipinski definition) is 2. The number of alkyl halides is 2. The molecule has 0 aromatic rings. The standard InChI is InChI=1S/C12H4Cl8O2/c13-5-1-3(7(15)9(17)11(5,19)21)4-2-6(14)12(20,22)10(18)8(4)16/h1-2,21-22H/b4-3+. The van der Waals surface area contributed by atoms with Crippen LogP contribution < -0.4 is 0 Å². The molecule has 0 spiro atoms. The van der Waals surface area contributed by atoms with Crippen LogP contribution >= 0.6 is 92.8 Å². The summed E-state index contributed by atoms with van der Waals surface area (Å²) in [4.78, 5) is 0. The van der Waals surface area contributed by atoms with Gasteiger partial charge in [-0.2, -0.15) is 0 Å². The van der Waals surface area contributed by atoms with E-state index in [0.717, 1.165) is 0 Å². The molecule has 2 rings (SSSR count). The van der Waals surface area contributed by atoms with Gasteiger partial charge in [-0.25, -0.2) is 0 Å². The van der Waals surface area contributed by atoms with E-state index >= 15 is 0 Å². The largest absolute Gasteiger partial charge is 0.366 e. The lowest BCUT2D eigenvalue weighted by molar-refractivity contribution is 0.218. The monoisotopic (exact) mass is 460 g/mol. The minimum Gasteiger partial charge on any atom is -0.366 e. The molecule has 2 N–H and O–H groups in total. The summed E-state index contributed by atoms with van der Waals surface area (Å²) >= 11 is 47.5. The summed E-state index contributed by atoms with van der Waals surface area (Å²) in [7, 11) is 0. The molecule has 22 heavy (non-hydrogen) atoms. The van der Waals surface area contributed by atoms with Gasteiger partial charge in [0.1, 0.15) is 0 Å². The fourth-order valence-corrected chi connectivity index (χ4v) is 3.59. The molecule has 0 aromatic heterocycles. The zero-order chi connectivity index (χ0) is 17.0. The van der Waals surface area contributed by atoms with E-state index < -0.39 is 10.1 Å². The van der Waals surface area contributed by atoms with E-state index in [1.54, 1.807) is 0 Å². The van der Waals surface area contributed by atoms with Gasteiger partial charge >= 0.3 is 0 Å². The van der Waals surface area contributed by atoms with Gasteiger partial charge in [0.2, 0.25) is 10.1 Å². The van der Waals surface area contributed by atoms with E-state index in [2.05, 4.69) is 0 Å².